The Balaban J connectivity index is 0.000000221. The number of phenolic OH excluding ortho intramolecular Hbond substituents is 1. The number of methoxy groups -OCH3 is 6. The summed E-state index contributed by atoms with van der Waals surface area (Å²) in [6.07, 6.45) is 2.62. The number of benzene rings is 4. The normalized spacial score (nSPS) is 16.1. The van der Waals surface area contributed by atoms with Gasteiger partial charge in [0.15, 0.2) is 23.0 Å². The summed E-state index contributed by atoms with van der Waals surface area (Å²) in [5.74, 6) is 3.18. The van der Waals surface area contributed by atoms with Crippen molar-refractivity contribution in [3.63, 3.8) is 0 Å². The molecule has 0 radical (unpaired) electrons. The van der Waals surface area contributed by atoms with Gasteiger partial charge in [0.2, 0.25) is 23.3 Å². The number of ether oxygens (including phenoxy) is 6. The molecule has 15 nitrogen and oxygen atoms in total. The Morgan fingerprint density at radius 1 is 0.632 bits per heavy atom. The molecular formula is C41H49N2O13P. The van der Waals surface area contributed by atoms with Crippen molar-refractivity contribution in [3.8, 4) is 68.2 Å². The highest BCUT2D eigenvalue weighted by atomic mass is 31.2. The number of amides is 2. The van der Waals surface area contributed by atoms with E-state index in [0.717, 1.165) is 46.1 Å². The fourth-order valence-corrected chi connectivity index (χ4v) is 7.90. The van der Waals surface area contributed by atoms with E-state index in [2.05, 4.69) is 15.2 Å². The average molecular weight is 809 g/mol. The van der Waals surface area contributed by atoms with Crippen LogP contribution in [0.5, 0.6) is 46.0 Å². The monoisotopic (exact) mass is 808 g/mol. The van der Waals surface area contributed by atoms with E-state index in [-0.39, 0.29) is 35.4 Å². The van der Waals surface area contributed by atoms with Gasteiger partial charge in [-0.2, -0.15) is 0 Å². The number of hydrogen-bond acceptors (Lipinski definition) is 12. The van der Waals surface area contributed by atoms with Crippen LogP contribution >= 0.6 is 7.82 Å². The molecule has 16 heteroatoms. The number of phenols is 1. The minimum atomic E-state index is -4.24. The number of phosphoric ester groups is 1. The summed E-state index contributed by atoms with van der Waals surface area (Å²) in [7, 11) is 6.23. The first-order chi connectivity index (χ1) is 27.2. The molecule has 2 aliphatic carbocycles. The first kappa shape index (κ1) is 42.5. The van der Waals surface area contributed by atoms with Gasteiger partial charge in [-0.15, -0.1) is 0 Å². The van der Waals surface area contributed by atoms with E-state index in [0.29, 0.717) is 65.7 Å². The first-order valence-corrected chi connectivity index (χ1v) is 19.5. The lowest BCUT2D eigenvalue weighted by Crippen LogP contribution is -2.26. The van der Waals surface area contributed by atoms with Gasteiger partial charge in [-0.3, -0.25) is 19.0 Å². The number of aromatic hydroxyl groups is 1. The van der Waals surface area contributed by atoms with Crippen molar-refractivity contribution in [2.45, 2.75) is 51.6 Å². The fourth-order valence-electron chi connectivity index (χ4n) is 7.45. The number of nitrogens with one attached hydrogen (secondary N) is 2. The predicted molar refractivity (Wildman–Crippen MR) is 212 cm³/mol. The van der Waals surface area contributed by atoms with Crippen LogP contribution in [0.3, 0.4) is 0 Å². The zero-order chi connectivity index (χ0) is 41.6. The first-order valence-electron chi connectivity index (χ1n) is 18.0. The number of phosphoric acid groups is 1. The number of hydrogen-bond donors (Lipinski definition) is 4. The molecular weight excluding hydrogens is 759 g/mol. The maximum Gasteiger partial charge on any atom is 0.527 e. The van der Waals surface area contributed by atoms with Gasteiger partial charge in [-0.05, 0) is 95.5 Å². The van der Waals surface area contributed by atoms with Crippen LogP contribution in [-0.2, 0) is 31.5 Å². The largest absolute Gasteiger partial charge is 0.527 e. The SMILES string of the molecule is COc1cc2c(c(OC)c1OC)-c1ccc(O)cc1[C@@H](NC(C)=O)CC2.COc1cc2c(c(OC)c1OC)-c1ccc(OP(=O)(O)OC)cc1[C@@H](NC(C)=O)CC2. The second-order valence-corrected chi connectivity index (χ2v) is 14.7. The zero-order valence-corrected chi connectivity index (χ0v) is 34.3. The Bertz CT molecular complexity index is 2190. The number of fused-ring (bicyclic) bond motifs is 6. The van der Waals surface area contributed by atoms with Gasteiger partial charge in [0.25, 0.3) is 0 Å². The molecule has 1 unspecified atom stereocenters. The van der Waals surface area contributed by atoms with E-state index in [1.54, 1.807) is 65.9 Å². The van der Waals surface area contributed by atoms with Gasteiger partial charge in [0.1, 0.15) is 11.5 Å². The molecule has 306 valence electrons. The van der Waals surface area contributed by atoms with Crippen LogP contribution in [0.25, 0.3) is 22.3 Å². The van der Waals surface area contributed by atoms with E-state index in [1.807, 2.05) is 18.2 Å². The minimum Gasteiger partial charge on any atom is -0.508 e. The molecule has 0 fully saturated rings. The van der Waals surface area contributed by atoms with Crippen molar-refractivity contribution in [2.24, 2.45) is 0 Å². The highest BCUT2D eigenvalue weighted by molar-refractivity contribution is 7.47. The minimum absolute atomic E-state index is 0.114. The molecule has 2 amide bonds. The standard InChI is InChI=1S/C21H26NO8P.C20H23NO5/c1-12(23)22-17-9-6-13-10-18(26-2)20(27-3)21(28-4)19(13)15-8-7-14(11-16(15)17)30-31(24,25)29-5;1-11(22)21-16-8-5-12-9-17(24-2)19(25-3)20(26-4)18(12)14-7-6-13(23)10-15(14)16/h7-8,10-11,17H,6,9H2,1-5H3,(H,22,23)(H,24,25);6-7,9-10,16,23H,5,8H2,1-4H3,(H,21,22)/t17-;16-/m00/s1. The third-order valence-corrected chi connectivity index (χ3v) is 10.7. The van der Waals surface area contributed by atoms with E-state index in [4.69, 9.17) is 32.9 Å². The molecule has 0 saturated heterocycles. The van der Waals surface area contributed by atoms with Crippen LogP contribution in [0.1, 0.15) is 61.0 Å². The topological polar surface area (TPSA) is 190 Å². The maximum atomic E-state index is 11.9. The van der Waals surface area contributed by atoms with Crippen molar-refractivity contribution in [3.05, 3.63) is 70.8 Å². The smallest absolute Gasteiger partial charge is 0.508 e. The van der Waals surface area contributed by atoms with Gasteiger partial charge < -0.3 is 48.7 Å². The number of carbonyl (C=O) groups excluding carboxylic acids is 2. The molecule has 4 aromatic rings. The lowest BCUT2D eigenvalue weighted by atomic mass is 9.93. The van der Waals surface area contributed by atoms with Crippen molar-refractivity contribution < 1.29 is 61.6 Å². The molecule has 3 atom stereocenters. The molecule has 0 aromatic heterocycles. The van der Waals surface area contributed by atoms with E-state index < -0.39 is 7.82 Å². The zero-order valence-electron chi connectivity index (χ0n) is 33.4. The van der Waals surface area contributed by atoms with Gasteiger partial charge in [-0.25, -0.2) is 4.57 Å². The highest BCUT2D eigenvalue weighted by Gasteiger charge is 2.32. The van der Waals surface area contributed by atoms with Crippen molar-refractivity contribution >= 4 is 19.6 Å². The van der Waals surface area contributed by atoms with Gasteiger partial charge >= 0.3 is 7.82 Å². The molecule has 6 rings (SSSR count). The molecule has 0 aliphatic heterocycles. The highest BCUT2D eigenvalue weighted by Crippen LogP contribution is 2.53. The molecule has 0 spiro atoms. The molecule has 0 saturated carbocycles. The summed E-state index contributed by atoms with van der Waals surface area (Å²) in [4.78, 5) is 33.3. The lowest BCUT2D eigenvalue weighted by molar-refractivity contribution is -0.120. The summed E-state index contributed by atoms with van der Waals surface area (Å²) < 4.78 is 55.0. The van der Waals surface area contributed by atoms with Crippen LogP contribution in [0, 0.1) is 0 Å². The number of carbonyl (C=O) groups is 2. The average Bonchev–Trinajstić information content (AvgIpc) is 3.43. The molecule has 4 aromatic carbocycles. The van der Waals surface area contributed by atoms with Crippen molar-refractivity contribution in [2.75, 3.05) is 49.8 Å². The Labute approximate surface area is 331 Å². The van der Waals surface area contributed by atoms with Crippen LogP contribution in [0.4, 0.5) is 0 Å². The van der Waals surface area contributed by atoms with Crippen LogP contribution in [0.2, 0.25) is 0 Å². The maximum absolute atomic E-state index is 11.9. The summed E-state index contributed by atoms with van der Waals surface area (Å²) in [5.41, 5.74) is 6.94. The summed E-state index contributed by atoms with van der Waals surface area (Å²) in [5, 5.41) is 15.9. The molecule has 0 heterocycles. The number of aryl methyl sites for hydroxylation is 2. The lowest BCUT2D eigenvalue weighted by Gasteiger charge is -2.22. The fraction of sp³-hybridized carbons (Fsp3) is 0.366. The van der Waals surface area contributed by atoms with Gasteiger partial charge in [-0.1, -0.05) is 12.1 Å². The third-order valence-electron chi connectivity index (χ3n) is 9.78. The Morgan fingerprint density at radius 2 is 1.07 bits per heavy atom. The quantitative estimate of drug-likeness (QED) is 0.115. The Kier molecular flexibility index (Phi) is 13.5. The second-order valence-electron chi connectivity index (χ2n) is 13.2. The van der Waals surface area contributed by atoms with Crippen molar-refractivity contribution in [1.82, 2.24) is 10.6 Å². The van der Waals surface area contributed by atoms with E-state index >= 15 is 0 Å². The van der Waals surface area contributed by atoms with Crippen molar-refractivity contribution in [1.29, 1.82) is 0 Å². The summed E-state index contributed by atoms with van der Waals surface area (Å²) in [6, 6.07) is 13.4. The summed E-state index contributed by atoms with van der Waals surface area (Å²) in [6.45, 7) is 2.94. The number of rotatable bonds is 11. The molecule has 0 bridgehead atoms. The third kappa shape index (κ3) is 9.01. The molecule has 57 heavy (non-hydrogen) atoms. The van der Waals surface area contributed by atoms with E-state index in [1.165, 1.54) is 21.0 Å². The van der Waals surface area contributed by atoms with Gasteiger partial charge in [0.05, 0.1) is 54.7 Å². The van der Waals surface area contributed by atoms with Crippen LogP contribution in [0.15, 0.2) is 48.5 Å². The molecule has 2 aliphatic rings. The second kappa shape index (κ2) is 18.1. The van der Waals surface area contributed by atoms with Crippen LogP contribution in [-0.4, -0.2) is 71.6 Å². The van der Waals surface area contributed by atoms with Crippen LogP contribution < -0.4 is 43.6 Å². The summed E-state index contributed by atoms with van der Waals surface area (Å²) >= 11 is 0. The Morgan fingerprint density at radius 3 is 1.47 bits per heavy atom. The predicted octanol–water partition coefficient (Wildman–Crippen LogP) is 6.84. The molecule has 4 N–H and O–H groups in total. The Hall–Kier alpha value is -5.63. The van der Waals surface area contributed by atoms with Gasteiger partial charge in [0, 0.05) is 32.1 Å². The van der Waals surface area contributed by atoms with E-state index in [9.17, 15) is 24.2 Å².